The van der Waals surface area contributed by atoms with Gasteiger partial charge in [0.15, 0.2) is 6.61 Å². The Morgan fingerprint density at radius 2 is 1.71 bits per heavy atom. The molecular formula is C13H14ClF3N2O2. The third-order valence-electron chi connectivity index (χ3n) is 3.09. The highest BCUT2D eigenvalue weighted by Crippen LogP contribution is 2.20. The van der Waals surface area contributed by atoms with Crippen LogP contribution in [0.25, 0.3) is 0 Å². The first kappa shape index (κ1) is 15.8. The summed E-state index contributed by atoms with van der Waals surface area (Å²) in [6, 6.07) is 7.25. The molecule has 21 heavy (non-hydrogen) atoms. The fraction of sp³-hybridized carbons (Fsp3) is 0.462. The van der Waals surface area contributed by atoms with Gasteiger partial charge in [0.05, 0.1) is 0 Å². The highest BCUT2D eigenvalue weighted by Gasteiger charge is 2.31. The minimum atomic E-state index is -4.50. The van der Waals surface area contributed by atoms with E-state index >= 15 is 0 Å². The van der Waals surface area contributed by atoms with E-state index in [2.05, 4.69) is 4.74 Å². The third-order valence-corrected chi connectivity index (χ3v) is 3.34. The average molecular weight is 323 g/mol. The second-order valence-electron chi connectivity index (χ2n) is 4.62. The average Bonchev–Trinajstić information content (AvgIpc) is 2.45. The molecule has 0 bridgehead atoms. The van der Waals surface area contributed by atoms with Gasteiger partial charge in [0.2, 0.25) is 0 Å². The van der Waals surface area contributed by atoms with Gasteiger partial charge in [-0.25, -0.2) is 4.79 Å². The first-order chi connectivity index (χ1) is 9.85. The summed E-state index contributed by atoms with van der Waals surface area (Å²) in [5, 5.41) is 0.633. The Bertz CT molecular complexity index is 485. The van der Waals surface area contributed by atoms with Crippen LogP contribution >= 0.6 is 11.6 Å². The monoisotopic (exact) mass is 322 g/mol. The lowest BCUT2D eigenvalue weighted by molar-refractivity contribution is -0.162. The number of rotatable bonds is 2. The summed E-state index contributed by atoms with van der Waals surface area (Å²) in [6.07, 6.45) is -5.43. The molecule has 0 radical (unpaired) electrons. The van der Waals surface area contributed by atoms with Crippen LogP contribution in [0.5, 0.6) is 0 Å². The van der Waals surface area contributed by atoms with Crippen molar-refractivity contribution < 1.29 is 22.7 Å². The number of halogens is 4. The van der Waals surface area contributed by atoms with E-state index in [9.17, 15) is 18.0 Å². The number of hydrogen-bond acceptors (Lipinski definition) is 3. The van der Waals surface area contributed by atoms with E-state index in [4.69, 9.17) is 11.6 Å². The Kier molecular flexibility index (Phi) is 4.82. The molecule has 1 saturated heterocycles. The number of anilines is 1. The van der Waals surface area contributed by atoms with E-state index in [0.717, 1.165) is 5.69 Å². The molecule has 0 atom stereocenters. The SMILES string of the molecule is O=C(OCC(F)(F)F)N1CCN(c2ccc(Cl)cc2)CC1. The summed E-state index contributed by atoms with van der Waals surface area (Å²) in [7, 11) is 0. The number of carbonyl (C=O) groups excluding carboxylic acids is 1. The Hall–Kier alpha value is -1.63. The van der Waals surface area contributed by atoms with Crippen LogP contribution in [-0.2, 0) is 4.74 Å². The van der Waals surface area contributed by atoms with Crippen molar-refractivity contribution in [1.82, 2.24) is 4.90 Å². The van der Waals surface area contributed by atoms with E-state index in [-0.39, 0.29) is 0 Å². The molecule has 116 valence electrons. The van der Waals surface area contributed by atoms with Crippen LogP contribution in [0.1, 0.15) is 0 Å². The number of nitrogens with zero attached hydrogens (tertiary/aromatic N) is 2. The minimum Gasteiger partial charge on any atom is -0.440 e. The second-order valence-corrected chi connectivity index (χ2v) is 5.06. The van der Waals surface area contributed by atoms with Gasteiger partial charge in [0, 0.05) is 36.9 Å². The van der Waals surface area contributed by atoms with Gasteiger partial charge in [-0.2, -0.15) is 13.2 Å². The Morgan fingerprint density at radius 3 is 2.24 bits per heavy atom. The number of ether oxygens (including phenoxy) is 1. The normalized spacial score (nSPS) is 16.0. The summed E-state index contributed by atoms with van der Waals surface area (Å²) >= 11 is 5.81. The van der Waals surface area contributed by atoms with Crippen LogP contribution in [0.15, 0.2) is 24.3 Å². The molecule has 0 N–H and O–H groups in total. The zero-order valence-corrected chi connectivity index (χ0v) is 11.8. The zero-order valence-electron chi connectivity index (χ0n) is 11.1. The Balaban J connectivity index is 1.82. The quantitative estimate of drug-likeness (QED) is 0.838. The molecule has 1 amide bonds. The second kappa shape index (κ2) is 6.43. The molecule has 4 nitrogen and oxygen atoms in total. The smallest absolute Gasteiger partial charge is 0.422 e. The van der Waals surface area contributed by atoms with Gasteiger partial charge in [-0.3, -0.25) is 0 Å². The largest absolute Gasteiger partial charge is 0.440 e. The topological polar surface area (TPSA) is 32.8 Å². The molecule has 0 saturated carbocycles. The number of carbonyl (C=O) groups is 1. The van der Waals surface area contributed by atoms with Gasteiger partial charge in [-0.1, -0.05) is 11.6 Å². The first-order valence-corrected chi connectivity index (χ1v) is 6.72. The van der Waals surface area contributed by atoms with Gasteiger partial charge in [0.1, 0.15) is 0 Å². The maximum absolute atomic E-state index is 12.0. The van der Waals surface area contributed by atoms with Crippen molar-refractivity contribution >= 4 is 23.4 Å². The molecular weight excluding hydrogens is 309 g/mol. The van der Waals surface area contributed by atoms with E-state index in [1.807, 2.05) is 17.0 Å². The lowest BCUT2D eigenvalue weighted by atomic mass is 10.2. The highest BCUT2D eigenvalue weighted by atomic mass is 35.5. The molecule has 0 spiro atoms. The zero-order chi connectivity index (χ0) is 15.5. The molecule has 0 aliphatic carbocycles. The van der Waals surface area contributed by atoms with E-state index in [0.29, 0.717) is 31.2 Å². The summed E-state index contributed by atoms with van der Waals surface area (Å²) in [4.78, 5) is 14.8. The minimum absolute atomic E-state index is 0.319. The Labute approximate surface area is 125 Å². The molecule has 1 fully saturated rings. The van der Waals surface area contributed by atoms with Crippen LogP contribution < -0.4 is 4.90 Å². The number of benzene rings is 1. The summed E-state index contributed by atoms with van der Waals surface area (Å²) < 4.78 is 40.2. The van der Waals surface area contributed by atoms with Crippen LogP contribution in [0, 0.1) is 0 Å². The molecule has 1 aliphatic heterocycles. The molecule has 1 aliphatic rings. The van der Waals surface area contributed by atoms with Gasteiger partial charge in [-0.05, 0) is 24.3 Å². The van der Waals surface area contributed by atoms with Gasteiger partial charge < -0.3 is 14.5 Å². The number of hydrogen-bond donors (Lipinski definition) is 0. The fourth-order valence-electron chi connectivity index (χ4n) is 2.03. The lowest BCUT2D eigenvalue weighted by Gasteiger charge is -2.35. The summed E-state index contributed by atoms with van der Waals surface area (Å²) in [5.74, 6) is 0. The van der Waals surface area contributed by atoms with E-state index in [1.54, 1.807) is 12.1 Å². The number of amides is 1. The van der Waals surface area contributed by atoms with Crippen molar-refractivity contribution in [2.75, 3.05) is 37.7 Å². The predicted molar refractivity (Wildman–Crippen MR) is 72.6 cm³/mol. The summed E-state index contributed by atoms with van der Waals surface area (Å²) in [5.41, 5.74) is 0.961. The van der Waals surface area contributed by atoms with Gasteiger partial charge in [-0.15, -0.1) is 0 Å². The van der Waals surface area contributed by atoms with Crippen LogP contribution in [0.2, 0.25) is 5.02 Å². The highest BCUT2D eigenvalue weighted by molar-refractivity contribution is 6.30. The molecule has 0 aromatic heterocycles. The molecule has 1 aromatic carbocycles. The van der Waals surface area contributed by atoms with E-state index in [1.165, 1.54) is 4.90 Å². The van der Waals surface area contributed by atoms with Crippen molar-refractivity contribution in [3.63, 3.8) is 0 Å². The third kappa shape index (κ3) is 4.70. The van der Waals surface area contributed by atoms with Crippen molar-refractivity contribution in [2.24, 2.45) is 0 Å². The van der Waals surface area contributed by atoms with Crippen molar-refractivity contribution in [2.45, 2.75) is 6.18 Å². The maximum atomic E-state index is 12.0. The van der Waals surface area contributed by atoms with Crippen LogP contribution in [-0.4, -0.2) is 50.0 Å². The van der Waals surface area contributed by atoms with Crippen molar-refractivity contribution in [3.05, 3.63) is 29.3 Å². The maximum Gasteiger partial charge on any atom is 0.422 e. The standard InChI is InChI=1S/C13H14ClF3N2O2/c14-10-1-3-11(4-2-10)18-5-7-19(8-6-18)12(20)21-9-13(15,16)17/h1-4H,5-9H2. The molecule has 2 rings (SSSR count). The number of alkyl halides is 3. The molecule has 1 heterocycles. The Morgan fingerprint density at radius 1 is 1.14 bits per heavy atom. The van der Waals surface area contributed by atoms with E-state index < -0.39 is 18.9 Å². The molecule has 8 heteroatoms. The van der Waals surface area contributed by atoms with Crippen molar-refractivity contribution in [3.8, 4) is 0 Å². The molecule has 1 aromatic rings. The first-order valence-electron chi connectivity index (χ1n) is 6.34. The summed E-state index contributed by atoms with van der Waals surface area (Å²) in [6.45, 7) is 0.146. The van der Waals surface area contributed by atoms with Crippen LogP contribution in [0.4, 0.5) is 23.7 Å². The van der Waals surface area contributed by atoms with Gasteiger partial charge in [0.25, 0.3) is 0 Å². The van der Waals surface area contributed by atoms with Crippen molar-refractivity contribution in [1.29, 1.82) is 0 Å². The van der Waals surface area contributed by atoms with Gasteiger partial charge >= 0.3 is 12.3 Å². The number of piperazine rings is 1. The molecule has 0 unspecified atom stereocenters. The predicted octanol–water partition coefficient (Wildman–Crippen LogP) is 3.16. The lowest BCUT2D eigenvalue weighted by Crippen LogP contribution is -2.49. The van der Waals surface area contributed by atoms with Crippen LogP contribution in [0.3, 0.4) is 0 Å². The fourth-order valence-corrected chi connectivity index (χ4v) is 2.16.